The van der Waals surface area contributed by atoms with Gasteiger partial charge in [-0.05, 0) is 72.6 Å². The minimum Gasteiger partial charge on any atom is -0.350 e. The standard InChI is InChI=1S/C23H38N4O2/c1-16-13-17(2)21(18(3)14-16)24-22(29)19(4)27-10-8-9-26(11-12-27)15-20(28)25-23(5,6)7/h13-14,19H,8-12,15H2,1-7H3,(H,24,29)(H,25,28)/t19-/m1/s1. The van der Waals surface area contributed by atoms with Crippen molar-refractivity contribution in [3.63, 3.8) is 0 Å². The number of amides is 2. The summed E-state index contributed by atoms with van der Waals surface area (Å²) in [7, 11) is 0. The molecule has 6 nitrogen and oxygen atoms in total. The second-order valence-electron chi connectivity index (χ2n) is 9.40. The molecule has 162 valence electrons. The van der Waals surface area contributed by atoms with Crippen LogP contribution in [0.3, 0.4) is 0 Å². The van der Waals surface area contributed by atoms with E-state index in [1.165, 1.54) is 5.56 Å². The quantitative estimate of drug-likeness (QED) is 0.795. The van der Waals surface area contributed by atoms with Gasteiger partial charge < -0.3 is 10.6 Å². The van der Waals surface area contributed by atoms with E-state index in [2.05, 4.69) is 39.5 Å². The maximum absolute atomic E-state index is 12.9. The average Bonchev–Trinajstić information content (AvgIpc) is 2.81. The molecule has 2 N–H and O–H groups in total. The van der Waals surface area contributed by atoms with Gasteiger partial charge in [0.25, 0.3) is 0 Å². The molecule has 2 amide bonds. The molecular formula is C23H38N4O2. The number of nitrogens with one attached hydrogen (secondary N) is 2. The lowest BCUT2D eigenvalue weighted by atomic mass is 10.0. The van der Waals surface area contributed by atoms with Gasteiger partial charge in [0, 0.05) is 30.9 Å². The molecule has 1 aliphatic rings. The molecule has 0 saturated carbocycles. The maximum atomic E-state index is 12.9. The van der Waals surface area contributed by atoms with E-state index in [4.69, 9.17) is 0 Å². The molecule has 1 saturated heterocycles. The number of aryl methyl sites for hydroxylation is 3. The third-order valence-electron chi connectivity index (χ3n) is 5.36. The largest absolute Gasteiger partial charge is 0.350 e. The zero-order chi connectivity index (χ0) is 21.8. The van der Waals surface area contributed by atoms with E-state index in [0.717, 1.165) is 49.4 Å². The molecule has 0 aliphatic carbocycles. The van der Waals surface area contributed by atoms with Gasteiger partial charge in [-0.2, -0.15) is 0 Å². The van der Waals surface area contributed by atoms with Gasteiger partial charge in [0.05, 0.1) is 12.6 Å². The predicted octanol–water partition coefficient (Wildman–Crippen LogP) is 2.86. The second kappa shape index (κ2) is 9.72. The number of carbonyl (C=O) groups is 2. The fraction of sp³-hybridized carbons (Fsp3) is 0.652. The van der Waals surface area contributed by atoms with E-state index < -0.39 is 0 Å². The third-order valence-corrected chi connectivity index (χ3v) is 5.36. The van der Waals surface area contributed by atoms with Crippen LogP contribution in [0.4, 0.5) is 5.69 Å². The molecule has 0 radical (unpaired) electrons. The van der Waals surface area contributed by atoms with Gasteiger partial charge in [0.15, 0.2) is 0 Å². The molecular weight excluding hydrogens is 364 g/mol. The fourth-order valence-electron chi connectivity index (χ4n) is 3.97. The van der Waals surface area contributed by atoms with Gasteiger partial charge in [0.1, 0.15) is 0 Å². The summed E-state index contributed by atoms with van der Waals surface area (Å²) in [5.41, 5.74) is 4.09. The normalized spacial score (nSPS) is 17.5. The maximum Gasteiger partial charge on any atom is 0.241 e. The van der Waals surface area contributed by atoms with Gasteiger partial charge in [-0.15, -0.1) is 0 Å². The topological polar surface area (TPSA) is 64.7 Å². The molecule has 1 heterocycles. The van der Waals surface area contributed by atoms with E-state index in [9.17, 15) is 9.59 Å². The van der Waals surface area contributed by atoms with Crippen molar-refractivity contribution in [1.82, 2.24) is 15.1 Å². The Morgan fingerprint density at radius 2 is 1.66 bits per heavy atom. The number of anilines is 1. The van der Waals surface area contributed by atoms with Crippen LogP contribution in [0, 0.1) is 20.8 Å². The number of carbonyl (C=O) groups excluding carboxylic acids is 2. The first-order valence-corrected chi connectivity index (χ1v) is 10.6. The molecule has 0 spiro atoms. The summed E-state index contributed by atoms with van der Waals surface area (Å²) in [4.78, 5) is 29.5. The zero-order valence-corrected chi connectivity index (χ0v) is 19.2. The summed E-state index contributed by atoms with van der Waals surface area (Å²) in [6.45, 7) is 17.8. The Labute approximate surface area is 176 Å². The Hall–Kier alpha value is -1.92. The first-order valence-electron chi connectivity index (χ1n) is 10.6. The van der Waals surface area contributed by atoms with Gasteiger partial charge in [-0.3, -0.25) is 19.4 Å². The molecule has 29 heavy (non-hydrogen) atoms. The Bertz CT molecular complexity index is 716. The van der Waals surface area contributed by atoms with Crippen LogP contribution in [-0.2, 0) is 9.59 Å². The predicted molar refractivity (Wildman–Crippen MR) is 119 cm³/mol. The van der Waals surface area contributed by atoms with Crippen LogP contribution in [0.2, 0.25) is 0 Å². The highest BCUT2D eigenvalue weighted by Crippen LogP contribution is 2.22. The Morgan fingerprint density at radius 3 is 2.24 bits per heavy atom. The molecule has 1 fully saturated rings. The van der Waals surface area contributed by atoms with Gasteiger partial charge in [-0.25, -0.2) is 0 Å². The smallest absolute Gasteiger partial charge is 0.241 e. The molecule has 6 heteroatoms. The average molecular weight is 403 g/mol. The van der Waals surface area contributed by atoms with E-state index in [-0.39, 0.29) is 23.4 Å². The first kappa shape index (κ1) is 23.4. The lowest BCUT2D eigenvalue weighted by molar-refractivity contribution is -0.124. The van der Waals surface area contributed by atoms with E-state index in [0.29, 0.717) is 6.54 Å². The van der Waals surface area contributed by atoms with E-state index >= 15 is 0 Å². The minimum absolute atomic E-state index is 0.0268. The van der Waals surface area contributed by atoms with Crippen LogP contribution < -0.4 is 10.6 Å². The summed E-state index contributed by atoms with van der Waals surface area (Å²) in [5.74, 6) is 0.0843. The molecule has 0 unspecified atom stereocenters. The van der Waals surface area contributed by atoms with Crippen LogP contribution in [0.1, 0.15) is 50.8 Å². The number of nitrogens with zero attached hydrogens (tertiary/aromatic N) is 2. The number of hydrogen-bond acceptors (Lipinski definition) is 4. The summed E-state index contributed by atoms with van der Waals surface area (Å²) in [6.07, 6.45) is 0.947. The van der Waals surface area contributed by atoms with Crippen LogP contribution >= 0.6 is 0 Å². The highest BCUT2D eigenvalue weighted by molar-refractivity contribution is 5.96. The van der Waals surface area contributed by atoms with Crippen molar-refractivity contribution in [2.24, 2.45) is 0 Å². The fourth-order valence-corrected chi connectivity index (χ4v) is 3.97. The van der Waals surface area contributed by atoms with Gasteiger partial charge in [-0.1, -0.05) is 17.7 Å². The Morgan fingerprint density at radius 1 is 1.03 bits per heavy atom. The van der Waals surface area contributed by atoms with E-state index in [1.54, 1.807) is 0 Å². The SMILES string of the molecule is Cc1cc(C)c(NC(=O)[C@@H](C)N2CCCN(CC(=O)NC(C)(C)C)CC2)c(C)c1. The van der Waals surface area contributed by atoms with Crippen LogP contribution in [-0.4, -0.2) is 65.9 Å². The lowest BCUT2D eigenvalue weighted by Crippen LogP contribution is -2.47. The van der Waals surface area contributed by atoms with Gasteiger partial charge in [0.2, 0.25) is 11.8 Å². The highest BCUT2D eigenvalue weighted by atomic mass is 16.2. The summed E-state index contributed by atoms with van der Waals surface area (Å²) >= 11 is 0. The number of rotatable bonds is 5. The molecule has 2 rings (SSSR count). The van der Waals surface area contributed by atoms with Crippen molar-refractivity contribution >= 4 is 17.5 Å². The lowest BCUT2D eigenvalue weighted by Gasteiger charge is -2.28. The third kappa shape index (κ3) is 7.12. The molecule has 1 aliphatic heterocycles. The molecule has 1 atom stereocenters. The monoisotopic (exact) mass is 402 g/mol. The van der Waals surface area contributed by atoms with Crippen LogP contribution in [0.15, 0.2) is 12.1 Å². The molecule has 0 aromatic heterocycles. The van der Waals surface area contributed by atoms with Crippen molar-refractivity contribution in [3.05, 3.63) is 28.8 Å². The first-order chi connectivity index (χ1) is 13.5. The van der Waals surface area contributed by atoms with Crippen LogP contribution in [0.5, 0.6) is 0 Å². The van der Waals surface area contributed by atoms with Crippen molar-refractivity contribution in [2.75, 3.05) is 38.0 Å². The minimum atomic E-state index is -0.214. The van der Waals surface area contributed by atoms with Crippen molar-refractivity contribution < 1.29 is 9.59 Å². The Balaban J connectivity index is 1.92. The molecule has 0 bridgehead atoms. The van der Waals surface area contributed by atoms with E-state index in [1.807, 2.05) is 41.5 Å². The molecule has 1 aromatic carbocycles. The summed E-state index contributed by atoms with van der Waals surface area (Å²) < 4.78 is 0. The van der Waals surface area contributed by atoms with Gasteiger partial charge >= 0.3 is 0 Å². The van der Waals surface area contributed by atoms with Crippen molar-refractivity contribution in [2.45, 2.75) is 66.5 Å². The number of hydrogen-bond donors (Lipinski definition) is 2. The highest BCUT2D eigenvalue weighted by Gasteiger charge is 2.26. The van der Waals surface area contributed by atoms with Crippen molar-refractivity contribution in [1.29, 1.82) is 0 Å². The summed E-state index contributed by atoms with van der Waals surface area (Å²) in [6, 6.07) is 3.98. The zero-order valence-electron chi connectivity index (χ0n) is 19.2. The molecule has 1 aromatic rings. The van der Waals surface area contributed by atoms with Crippen molar-refractivity contribution in [3.8, 4) is 0 Å². The number of benzene rings is 1. The Kier molecular flexibility index (Phi) is 7.83. The summed E-state index contributed by atoms with van der Waals surface area (Å²) in [5, 5.41) is 6.16. The van der Waals surface area contributed by atoms with Crippen LogP contribution in [0.25, 0.3) is 0 Å². The second-order valence-corrected chi connectivity index (χ2v) is 9.40.